The fourth-order valence-electron chi connectivity index (χ4n) is 1.51. The number of carboxylic acid groups (broad SMARTS) is 1. The topological polar surface area (TPSA) is 65.0 Å². The third kappa shape index (κ3) is 12.5. The summed E-state index contributed by atoms with van der Waals surface area (Å²) in [4.78, 5) is 10.9. The van der Waals surface area contributed by atoms with Gasteiger partial charge in [0, 0.05) is 18.8 Å². The normalized spacial score (nSPS) is 13.7. The van der Waals surface area contributed by atoms with E-state index < -0.39 is 5.97 Å². The Kier molecular flexibility index (Phi) is 12.2. The van der Waals surface area contributed by atoms with E-state index >= 15 is 0 Å². The molecule has 0 aliphatic heterocycles. The van der Waals surface area contributed by atoms with Crippen LogP contribution in [0, 0.1) is 5.92 Å². The predicted octanol–water partition coefficient (Wildman–Crippen LogP) is 2.89. The van der Waals surface area contributed by atoms with Crippen LogP contribution in [-0.2, 0) is 19.0 Å². The van der Waals surface area contributed by atoms with E-state index in [4.69, 9.17) is 19.3 Å². The van der Waals surface area contributed by atoms with E-state index in [9.17, 15) is 4.79 Å². The molecule has 124 valence electrons. The zero-order valence-electron chi connectivity index (χ0n) is 13.8. The summed E-state index contributed by atoms with van der Waals surface area (Å²) >= 11 is 0. The molecule has 1 atom stereocenters. The minimum Gasteiger partial charge on any atom is -0.478 e. The SMILES string of the molecule is CCCCOC(C=C(C)C(=O)O)COCCOCC(C)C. The quantitative estimate of drug-likeness (QED) is 0.418. The van der Waals surface area contributed by atoms with E-state index in [-0.39, 0.29) is 11.7 Å². The summed E-state index contributed by atoms with van der Waals surface area (Å²) in [6, 6.07) is 0. The van der Waals surface area contributed by atoms with Gasteiger partial charge in [-0.3, -0.25) is 0 Å². The molecule has 0 amide bonds. The van der Waals surface area contributed by atoms with E-state index in [1.165, 1.54) is 0 Å². The number of hydrogen-bond donors (Lipinski definition) is 1. The molecule has 0 saturated heterocycles. The van der Waals surface area contributed by atoms with Gasteiger partial charge >= 0.3 is 5.97 Å². The highest BCUT2D eigenvalue weighted by molar-refractivity contribution is 5.85. The van der Waals surface area contributed by atoms with E-state index in [1.807, 2.05) is 0 Å². The summed E-state index contributed by atoms with van der Waals surface area (Å²) < 4.78 is 16.6. The minimum absolute atomic E-state index is 0.274. The summed E-state index contributed by atoms with van der Waals surface area (Å²) in [7, 11) is 0. The number of rotatable bonds is 13. The van der Waals surface area contributed by atoms with Gasteiger partial charge in [-0.2, -0.15) is 0 Å². The second-order valence-electron chi connectivity index (χ2n) is 5.46. The van der Waals surface area contributed by atoms with Gasteiger partial charge in [-0.1, -0.05) is 27.2 Å². The van der Waals surface area contributed by atoms with Gasteiger partial charge in [0.25, 0.3) is 0 Å². The molecule has 5 heteroatoms. The molecule has 0 aliphatic carbocycles. The van der Waals surface area contributed by atoms with Gasteiger partial charge in [0.1, 0.15) is 0 Å². The molecule has 0 bridgehead atoms. The third-order valence-corrected chi connectivity index (χ3v) is 2.71. The van der Waals surface area contributed by atoms with Crippen LogP contribution in [0.25, 0.3) is 0 Å². The molecule has 0 heterocycles. The van der Waals surface area contributed by atoms with Crippen molar-refractivity contribution in [1.29, 1.82) is 0 Å². The maximum atomic E-state index is 10.9. The van der Waals surface area contributed by atoms with Gasteiger partial charge in [0.2, 0.25) is 0 Å². The van der Waals surface area contributed by atoms with Crippen molar-refractivity contribution in [3.05, 3.63) is 11.6 Å². The number of carboxylic acids is 1. The molecule has 0 fully saturated rings. The van der Waals surface area contributed by atoms with Crippen molar-refractivity contribution in [2.45, 2.75) is 46.6 Å². The monoisotopic (exact) mass is 302 g/mol. The lowest BCUT2D eigenvalue weighted by Gasteiger charge is -2.15. The Morgan fingerprint density at radius 1 is 1.14 bits per heavy atom. The standard InChI is InChI=1S/C16H30O5/c1-5-6-7-21-15(10-14(4)16(17)18)12-20-9-8-19-11-13(2)3/h10,13,15H,5-9,11-12H2,1-4H3,(H,17,18). The predicted molar refractivity (Wildman–Crippen MR) is 82.5 cm³/mol. The number of unbranched alkanes of at least 4 members (excludes halogenated alkanes) is 1. The van der Waals surface area contributed by atoms with Crippen LogP contribution < -0.4 is 0 Å². The average molecular weight is 302 g/mol. The summed E-state index contributed by atoms with van der Waals surface area (Å²) in [5.41, 5.74) is 0.274. The zero-order chi connectivity index (χ0) is 16.1. The van der Waals surface area contributed by atoms with Crippen LogP contribution in [0.15, 0.2) is 11.6 Å². The molecule has 0 aromatic carbocycles. The Bertz CT molecular complexity index is 299. The molecular formula is C16H30O5. The van der Waals surface area contributed by atoms with Crippen molar-refractivity contribution in [3.8, 4) is 0 Å². The van der Waals surface area contributed by atoms with Crippen molar-refractivity contribution in [2.24, 2.45) is 5.92 Å². The molecule has 0 aromatic heterocycles. The van der Waals surface area contributed by atoms with Crippen LogP contribution in [-0.4, -0.2) is 50.2 Å². The van der Waals surface area contributed by atoms with E-state index in [2.05, 4.69) is 20.8 Å². The molecular weight excluding hydrogens is 272 g/mol. The Balaban J connectivity index is 4.04. The lowest BCUT2D eigenvalue weighted by atomic mass is 10.2. The first kappa shape index (κ1) is 20.1. The highest BCUT2D eigenvalue weighted by Gasteiger charge is 2.10. The highest BCUT2D eigenvalue weighted by atomic mass is 16.5. The maximum absolute atomic E-state index is 10.9. The Morgan fingerprint density at radius 2 is 1.76 bits per heavy atom. The first-order valence-electron chi connectivity index (χ1n) is 7.66. The molecule has 0 rings (SSSR count). The summed E-state index contributed by atoms with van der Waals surface area (Å²) in [5, 5.41) is 8.91. The van der Waals surface area contributed by atoms with Crippen LogP contribution in [0.4, 0.5) is 0 Å². The summed E-state index contributed by atoms with van der Waals surface area (Å²) in [6.07, 6.45) is 3.27. The molecule has 5 nitrogen and oxygen atoms in total. The largest absolute Gasteiger partial charge is 0.478 e. The van der Waals surface area contributed by atoms with Crippen LogP contribution in [0.3, 0.4) is 0 Å². The van der Waals surface area contributed by atoms with Crippen molar-refractivity contribution in [3.63, 3.8) is 0 Å². The Hall–Kier alpha value is -0.910. The molecule has 21 heavy (non-hydrogen) atoms. The van der Waals surface area contributed by atoms with Crippen LogP contribution in [0.5, 0.6) is 0 Å². The number of ether oxygens (including phenoxy) is 3. The minimum atomic E-state index is -0.931. The number of hydrogen-bond acceptors (Lipinski definition) is 4. The Labute approximate surface area is 128 Å². The molecule has 0 radical (unpaired) electrons. The number of carbonyl (C=O) groups is 1. The van der Waals surface area contributed by atoms with Gasteiger partial charge in [0.15, 0.2) is 0 Å². The van der Waals surface area contributed by atoms with Gasteiger partial charge in [0.05, 0.1) is 25.9 Å². The van der Waals surface area contributed by atoms with E-state index in [1.54, 1.807) is 13.0 Å². The smallest absolute Gasteiger partial charge is 0.331 e. The van der Waals surface area contributed by atoms with Crippen LogP contribution >= 0.6 is 0 Å². The van der Waals surface area contributed by atoms with Crippen LogP contribution in [0.2, 0.25) is 0 Å². The van der Waals surface area contributed by atoms with E-state index in [0.29, 0.717) is 32.3 Å². The van der Waals surface area contributed by atoms with Crippen LogP contribution in [0.1, 0.15) is 40.5 Å². The van der Waals surface area contributed by atoms with Crippen molar-refractivity contribution >= 4 is 5.97 Å². The molecule has 1 unspecified atom stereocenters. The molecule has 0 aromatic rings. The second-order valence-corrected chi connectivity index (χ2v) is 5.46. The van der Waals surface area contributed by atoms with Gasteiger partial charge in [-0.25, -0.2) is 4.79 Å². The lowest BCUT2D eigenvalue weighted by Crippen LogP contribution is -2.21. The first-order chi connectivity index (χ1) is 9.97. The molecule has 0 saturated carbocycles. The first-order valence-corrected chi connectivity index (χ1v) is 7.66. The highest BCUT2D eigenvalue weighted by Crippen LogP contribution is 2.04. The van der Waals surface area contributed by atoms with Gasteiger partial charge in [-0.15, -0.1) is 0 Å². The lowest BCUT2D eigenvalue weighted by molar-refractivity contribution is -0.132. The molecule has 0 aliphatic rings. The van der Waals surface area contributed by atoms with E-state index in [0.717, 1.165) is 19.4 Å². The fraction of sp³-hybridized carbons (Fsp3) is 0.812. The van der Waals surface area contributed by atoms with Gasteiger partial charge in [-0.05, 0) is 25.3 Å². The molecule has 0 spiro atoms. The summed E-state index contributed by atoms with van der Waals surface area (Å²) in [5.74, 6) is -0.421. The number of aliphatic carboxylic acids is 1. The molecule has 1 N–H and O–H groups in total. The zero-order valence-corrected chi connectivity index (χ0v) is 13.8. The summed E-state index contributed by atoms with van der Waals surface area (Å²) in [6.45, 7) is 10.5. The van der Waals surface area contributed by atoms with Crippen molar-refractivity contribution < 1.29 is 24.1 Å². The van der Waals surface area contributed by atoms with Gasteiger partial charge < -0.3 is 19.3 Å². The Morgan fingerprint density at radius 3 is 2.29 bits per heavy atom. The third-order valence-electron chi connectivity index (χ3n) is 2.71. The van der Waals surface area contributed by atoms with Crippen molar-refractivity contribution in [1.82, 2.24) is 0 Å². The maximum Gasteiger partial charge on any atom is 0.331 e. The second kappa shape index (κ2) is 12.8. The van der Waals surface area contributed by atoms with Crippen molar-refractivity contribution in [2.75, 3.05) is 33.0 Å². The fourth-order valence-corrected chi connectivity index (χ4v) is 1.51. The average Bonchev–Trinajstić information content (AvgIpc) is 2.41.